The van der Waals surface area contributed by atoms with Crippen LogP contribution in [-0.2, 0) is 11.2 Å². The molecule has 1 unspecified atom stereocenters. The SMILES string of the molecule is CSc1ccccc1NC(=O)CN1CCc2sccc2C1c1ccccc1. The fourth-order valence-electron chi connectivity index (χ4n) is 3.69. The molecule has 2 aromatic carbocycles. The first-order valence-corrected chi connectivity index (χ1v) is 11.1. The van der Waals surface area contributed by atoms with E-state index in [1.807, 2.05) is 47.9 Å². The highest BCUT2D eigenvalue weighted by atomic mass is 32.2. The number of carbonyl (C=O) groups is 1. The number of anilines is 1. The van der Waals surface area contributed by atoms with E-state index in [1.165, 1.54) is 16.0 Å². The highest BCUT2D eigenvalue weighted by molar-refractivity contribution is 7.98. The molecule has 3 nitrogen and oxygen atoms in total. The Labute approximate surface area is 168 Å². The fourth-order valence-corrected chi connectivity index (χ4v) is 5.14. The number of carbonyl (C=O) groups excluding carboxylic acids is 1. The van der Waals surface area contributed by atoms with E-state index < -0.39 is 0 Å². The minimum Gasteiger partial charge on any atom is -0.324 e. The Balaban J connectivity index is 1.56. The van der Waals surface area contributed by atoms with Crippen LogP contribution >= 0.6 is 23.1 Å². The Morgan fingerprint density at radius 2 is 1.93 bits per heavy atom. The van der Waals surface area contributed by atoms with E-state index in [9.17, 15) is 4.79 Å². The lowest BCUT2D eigenvalue weighted by molar-refractivity contribution is -0.117. The van der Waals surface area contributed by atoms with Gasteiger partial charge in [-0.05, 0) is 47.4 Å². The molecule has 1 aliphatic heterocycles. The molecule has 0 spiro atoms. The normalized spacial score (nSPS) is 16.7. The maximum atomic E-state index is 12.8. The Hall–Kier alpha value is -2.08. The quantitative estimate of drug-likeness (QED) is 0.614. The van der Waals surface area contributed by atoms with Crippen molar-refractivity contribution >= 4 is 34.7 Å². The van der Waals surface area contributed by atoms with E-state index in [-0.39, 0.29) is 11.9 Å². The zero-order chi connectivity index (χ0) is 18.6. The number of rotatable bonds is 5. The first-order valence-electron chi connectivity index (χ1n) is 9.04. The van der Waals surface area contributed by atoms with Gasteiger partial charge in [-0.15, -0.1) is 23.1 Å². The van der Waals surface area contributed by atoms with Gasteiger partial charge in [-0.25, -0.2) is 0 Å². The van der Waals surface area contributed by atoms with E-state index in [4.69, 9.17) is 0 Å². The monoisotopic (exact) mass is 394 g/mol. The third-order valence-electron chi connectivity index (χ3n) is 4.91. The number of para-hydroxylation sites is 1. The van der Waals surface area contributed by atoms with E-state index in [2.05, 4.69) is 45.9 Å². The number of nitrogens with zero attached hydrogens (tertiary/aromatic N) is 1. The molecule has 0 radical (unpaired) electrons. The molecule has 3 aromatic rings. The first kappa shape index (κ1) is 18.3. The van der Waals surface area contributed by atoms with Crippen molar-refractivity contribution in [2.24, 2.45) is 0 Å². The molecule has 138 valence electrons. The lowest BCUT2D eigenvalue weighted by atomic mass is 9.93. The fraction of sp³-hybridized carbons (Fsp3) is 0.227. The zero-order valence-electron chi connectivity index (χ0n) is 15.2. The standard InChI is InChI=1S/C22H22N2OS2/c1-26-20-10-6-5-9-18(20)23-21(25)15-24-13-11-19-17(12-14-27-19)22(24)16-7-3-2-4-8-16/h2-10,12,14,22H,11,13,15H2,1H3,(H,23,25). The van der Waals surface area contributed by atoms with Crippen LogP contribution in [0.25, 0.3) is 0 Å². The molecule has 0 saturated carbocycles. The summed E-state index contributed by atoms with van der Waals surface area (Å²) < 4.78 is 0. The van der Waals surface area contributed by atoms with Crippen LogP contribution in [-0.4, -0.2) is 30.2 Å². The van der Waals surface area contributed by atoms with Crippen LogP contribution < -0.4 is 5.32 Å². The largest absolute Gasteiger partial charge is 0.324 e. The van der Waals surface area contributed by atoms with Gasteiger partial charge in [0.2, 0.25) is 5.91 Å². The topological polar surface area (TPSA) is 32.3 Å². The van der Waals surface area contributed by atoms with Crippen LogP contribution in [0.15, 0.2) is 70.9 Å². The Morgan fingerprint density at radius 1 is 1.15 bits per heavy atom. The first-order chi connectivity index (χ1) is 13.3. The minimum atomic E-state index is 0.0381. The molecule has 0 saturated heterocycles. The summed E-state index contributed by atoms with van der Waals surface area (Å²) in [6.45, 7) is 1.28. The molecule has 2 heterocycles. The molecule has 27 heavy (non-hydrogen) atoms. The smallest absolute Gasteiger partial charge is 0.238 e. The van der Waals surface area contributed by atoms with Crippen LogP contribution in [0.5, 0.6) is 0 Å². The number of thioether (sulfide) groups is 1. The number of nitrogens with one attached hydrogen (secondary N) is 1. The Bertz CT molecular complexity index is 923. The Kier molecular flexibility index (Phi) is 5.62. The molecule has 1 aromatic heterocycles. The van der Waals surface area contributed by atoms with Crippen LogP contribution in [0.3, 0.4) is 0 Å². The predicted octanol–water partition coefficient (Wildman–Crippen LogP) is 5.06. The van der Waals surface area contributed by atoms with Gasteiger partial charge in [0.05, 0.1) is 18.3 Å². The van der Waals surface area contributed by atoms with Gasteiger partial charge in [0.15, 0.2) is 0 Å². The Morgan fingerprint density at radius 3 is 2.74 bits per heavy atom. The summed E-state index contributed by atoms with van der Waals surface area (Å²) >= 11 is 3.47. The molecule has 4 rings (SSSR count). The maximum absolute atomic E-state index is 12.8. The highest BCUT2D eigenvalue weighted by Crippen LogP contribution is 2.37. The summed E-state index contributed by atoms with van der Waals surface area (Å²) in [5.41, 5.74) is 3.48. The molecule has 1 amide bonds. The van der Waals surface area contributed by atoms with Crippen LogP contribution in [0.2, 0.25) is 0 Å². The molecule has 0 bridgehead atoms. The second kappa shape index (κ2) is 8.30. The van der Waals surface area contributed by atoms with Crippen molar-refractivity contribution in [1.82, 2.24) is 4.90 Å². The van der Waals surface area contributed by atoms with Gasteiger partial charge in [0.1, 0.15) is 0 Å². The molecule has 1 N–H and O–H groups in total. The van der Waals surface area contributed by atoms with Crippen molar-refractivity contribution in [3.05, 3.63) is 82.0 Å². The average molecular weight is 395 g/mol. The minimum absolute atomic E-state index is 0.0381. The van der Waals surface area contributed by atoms with Crippen LogP contribution in [0.4, 0.5) is 5.69 Å². The summed E-state index contributed by atoms with van der Waals surface area (Å²) in [4.78, 5) is 17.6. The van der Waals surface area contributed by atoms with Gasteiger partial charge in [-0.1, -0.05) is 42.5 Å². The second-order valence-electron chi connectivity index (χ2n) is 6.58. The van der Waals surface area contributed by atoms with E-state index >= 15 is 0 Å². The molecular formula is C22H22N2OS2. The molecule has 1 atom stereocenters. The van der Waals surface area contributed by atoms with Crippen molar-refractivity contribution in [1.29, 1.82) is 0 Å². The number of fused-ring (bicyclic) bond motifs is 1. The number of benzene rings is 2. The maximum Gasteiger partial charge on any atom is 0.238 e. The summed E-state index contributed by atoms with van der Waals surface area (Å²) in [6.07, 6.45) is 3.03. The number of thiophene rings is 1. The van der Waals surface area contributed by atoms with Gasteiger partial charge >= 0.3 is 0 Å². The van der Waals surface area contributed by atoms with Gasteiger partial charge < -0.3 is 5.32 Å². The average Bonchev–Trinajstić information content (AvgIpc) is 3.17. The van der Waals surface area contributed by atoms with Gasteiger partial charge in [-0.3, -0.25) is 9.69 Å². The van der Waals surface area contributed by atoms with Crippen molar-refractivity contribution in [3.63, 3.8) is 0 Å². The van der Waals surface area contributed by atoms with Crippen molar-refractivity contribution < 1.29 is 4.79 Å². The van der Waals surface area contributed by atoms with E-state index in [0.717, 1.165) is 23.5 Å². The lowest BCUT2D eigenvalue weighted by Crippen LogP contribution is -2.40. The van der Waals surface area contributed by atoms with Crippen molar-refractivity contribution in [3.8, 4) is 0 Å². The zero-order valence-corrected chi connectivity index (χ0v) is 16.9. The van der Waals surface area contributed by atoms with Crippen LogP contribution in [0, 0.1) is 0 Å². The number of hydrogen-bond donors (Lipinski definition) is 1. The summed E-state index contributed by atoms with van der Waals surface area (Å²) in [5, 5.41) is 5.27. The molecular weight excluding hydrogens is 372 g/mol. The lowest BCUT2D eigenvalue weighted by Gasteiger charge is -2.35. The number of hydrogen-bond acceptors (Lipinski definition) is 4. The summed E-state index contributed by atoms with van der Waals surface area (Å²) in [6, 6.07) is 20.8. The third-order valence-corrected chi connectivity index (χ3v) is 6.70. The summed E-state index contributed by atoms with van der Waals surface area (Å²) in [5.74, 6) is 0.0381. The molecule has 1 aliphatic rings. The van der Waals surface area contributed by atoms with Gasteiger partial charge in [0, 0.05) is 16.3 Å². The molecule has 0 aliphatic carbocycles. The summed E-state index contributed by atoms with van der Waals surface area (Å²) in [7, 11) is 0. The highest BCUT2D eigenvalue weighted by Gasteiger charge is 2.30. The van der Waals surface area contributed by atoms with E-state index in [1.54, 1.807) is 11.8 Å². The second-order valence-corrected chi connectivity index (χ2v) is 8.43. The van der Waals surface area contributed by atoms with E-state index in [0.29, 0.717) is 6.54 Å². The number of amides is 1. The third kappa shape index (κ3) is 3.95. The predicted molar refractivity (Wildman–Crippen MR) is 115 cm³/mol. The molecule has 5 heteroatoms. The van der Waals surface area contributed by atoms with Crippen molar-refractivity contribution in [2.45, 2.75) is 17.4 Å². The van der Waals surface area contributed by atoms with Gasteiger partial charge in [-0.2, -0.15) is 0 Å². The van der Waals surface area contributed by atoms with Crippen molar-refractivity contribution in [2.75, 3.05) is 24.7 Å². The molecule has 0 fully saturated rings. The van der Waals surface area contributed by atoms with Gasteiger partial charge in [0.25, 0.3) is 0 Å². The van der Waals surface area contributed by atoms with Crippen LogP contribution in [0.1, 0.15) is 22.0 Å².